The van der Waals surface area contributed by atoms with Gasteiger partial charge < -0.3 is 10.3 Å². The molecule has 3 aromatic heterocycles. The number of amidine groups is 1. The van der Waals surface area contributed by atoms with E-state index in [9.17, 15) is 0 Å². The van der Waals surface area contributed by atoms with Gasteiger partial charge in [-0.2, -0.15) is 0 Å². The van der Waals surface area contributed by atoms with Crippen LogP contribution >= 0.6 is 11.9 Å². The van der Waals surface area contributed by atoms with E-state index in [-0.39, 0.29) is 6.04 Å². The molecule has 1 unspecified atom stereocenters. The van der Waals surface area contributed by atoms with E-state index in [1.54, 1.807) is 24.5 Å². The van der Waals surface area contributed by atoms with Gasteiger partial charge in [0.2, 0.25) is 0 Å². The lowest BCUT2D eigenvalue weighted by Crippen LogP contribution is -2.33. The molecule has 0 saturated heterocycles. The Morgan fingerprint density at radius 3 is 2.82 bits per heavy atom. The van der Waals surface area contributed by atoms with Crippen LogP contribution in [0.2, 0.25) is 0 Å². The number of aliphatic imine (C=N–C) groups is 1. The Kier molecular flexibility index (Phi) is 3.94. The van der Waals surface area contributed by atoms with Crippen molar-refractivity contribution in [1.29, 1.82) is 0 Å². The van der Waals surface area contributed by atoms with Crippen molar-refractivity contribution in [2.75, 3.05) is 10.0 Å². The highest BCUT2D eigenvalue weighted by molar-refractivity contribution is 8.01. The van der Waals surface area contributed by atoms with Crippen LogP contribution in [0.5, 0.6) is 0 Å². The molecule has 1 aliphatic heterocycles. The molecule has 9 heteroatoms. The first kappa shape index (κ1) is 16.7. The first-order valence-corrected chi connectivity index (χ1v) is 9.48. The van der Waals surface area contributed by atoms with E-state index in [0.717, 1.165) is 22.1 Å². The summed E-state index contributed by atoms with van der Waals surface area (Å²) in [4.78, 5) is 23.1. The molecular weight excluding hydrogens is 372 g/mol. The summed E-state index contributed by atoms with van der Waals surface area (Å²) in [6, 6.07) is 11.9. The third-order valence-electron chi connectivity index (χ3n) is 4.56. The monoisotopic (exact) mass is 388 g/mol. The van der Waals surface area contributed by atoms with Gasteiger partial charge in [-0.25, -0.2) is 19.9 Å². The molecule has 5 rings (SSSR count). The minimum absolute atomic E-state index is 0.139. The molecule has 0 aliphatic carbocycles. The largest absolute Gasteiger partial charge is 0.382 e. The van der Waals surface area contributed by atoms with E-state index in [0.29, 0.717) is 17.0 Å². The van der Waals surface area contributed by atoms with Crippen LogP contribution in [0.25, 0.3) is 11.2 Å². The number of fused-ring (bicyclic) bond motifs is 2. The quantitative estimate of drug-likeness (QED) is 0.535. The molecule has 138 valence electrons. The van der Waals surface area contributed by atoms with Gasteiger partial charge in [-0.15, -0.1) is 0 Å². The van der Waals surface area contributed by atoms with E-state index >= 15 is 0 Å². The Labute approximate surface area is 165 Å². The standard InChI is InChI=1S/C19H16N8S/c1-12(26-11-24-16-17(20)22-10-23-19(16)26)18-25-14-6-2-3-7-15(14)28-27(18)13-5-4-8-21-9-13/h2-12H,1H3,(H2,20,22,23). The number of pyridine rings is 1. The molecule has 0 spiro atoms. The average molecular weight is 388 g/mol. The summed E-state index contributed by atoms with van der Waals surface area (Å²) in [6.45, 7) is 2.07. The van der Waals surface area contributed by atoms with Gasteiger partial charge in [0, 0.05) is 6.20 Å². The number of hydrogen-bond acceptors (Lipinski definition) is 8. The van der Waals surface area contributed by atoms with E-state index in [4.69, 9.17) is 10.7 Å². The molecule has 4 heterocycles. The molecule has 0 fully saturated rings. The number of imidazole rings is 1. The number of nitrogens with two attached hydrogens (primary N) is 1. The summed E-state index contributed by atoms with van der Waals surface area (Å²) in [6.07, 6.45) is 6.77. The minimum Gasteiger partial charge on any atom is -0.382 e. The van der Waals surface area contributed by atoms with Crippen LogP contribution in [0.3, 0.4) is 0 Å². The smallest absolute Gasteiger partial charge is 0.166 e. The maximum absolute atomic E-state index is 5.95. The first-order chi connectivity index (χ1) is 13.7. The summed E-state index contributed by atoms with van der Waals surface area (Å²) < 4.78 is 4.06. The number of aromatic nitrogens is 5. The zero-order valence-corrected chi connectivity index (χ0v) is 15.8. The second-order valence-electron chi connectivity index (χ2n) is 6.29. The van der Waals surface area contributed by atoms with Gasteiger partial charge in [-0.05, 0) is 43.1 Å². The summed E-state index contributed by atoms with van der Waals surface area (Å²) in [5, 5.41) is 0. The van der Waals surface area contributed by atoms with Crippen LogP contribution in [0.1, 0.15) is 13.0 Å². The SMILES string of the molecule is CC(C1=Nc2ccccc2SN1c1cccnc1)n1cnc2c(N)ncnc21. The molecular formula is C19H16N8S. The van der Waals surface area contributed by atoms with Crippen molar-refractivity contribution in [3.05, 3.63) is 61.4 Å². The Hall–Kier alpha value is -3.46. The fraction of sp³-hybridized carbons (Fsp3) is 0.105. The lowest BCUT2D eigenvalue weighted by atomic mass is 10.2. The topological polar surface area (TPSA) is 98.1 Å². The molecule has 0 radical (unpaired) electrons. The lowest BCUT2D eigenvalue weighted by Gasteiger charge is -2.32. The van der Waals surface area contributed by atoms with Crippen molar-refractivity contribution in [2.45, 2.75) is 17.9 Å². The van der Waals surface area contributed by atoms with Crippen LogP contribution < -0.4 is 10.0 Å². The van der Waals surface area contributed by atoms with Crippen molar-refractivity contribution < 1.29 is 0 Å². The highest BCUT2D eigenvalue weighted by Crippen LogP contribution is 2.41. The van der Waals surface area contributed by atoms with Crippen LogP contribution in [-0.2, 0) is 0 Å². The third-order valence-corrected chi connectivity index (χ3v) is 5.68. The number of rotatable bonds is 3. The van der Waals surface area contributed by atoms with Gasteiger partial charge in [0.15, 0.2) is 11.5 Å². The van der Waals surface area contributed by atoms with Gasteiger partial charge in [0.1, 0.15) is 17.7 Å². The Morgan fingerprint density at radius 2 is 1.96 bits per heavy atom. The van der Waals surface area contributed by atoms with Crippen molar-refractivity contribution in [1.82, 2.24) is 24.5 Å². The average Bonchev–Trinajstić information content (AvgIpc) is 3.18. The third kappa shape index (κ3) is 2.67. The maximum Gasteiger partial charge on any atom is 0.166 e. The molecule has 8 nitrogen and oxygen atoms in total. The van der Waals surface area contributed by atoms with Gasteiger partial charge in [0.25, 0.3) is 0 Å². The minimum atomic E-state index is -0.139. The van der Waals surface area contributed by atoms with Crippen LogP contribution in [-0.4, -0.2) is 30.3 Å². The molecule has 28 heavy (non-hydrogen) atoms. The number of para-hydroxylation sites is 1. The highest BCUT2D eigenvalue weighted by Gasteiger charge is 2.28. The summed E-state index contributed by atoms with van der Waals surface area (Å²) in [5.74, 6) is 1.22. The van der Waals surface area contributed by atoms with E-state index < -0.39 is 0 Å². The van der Waals surface area contributed by atoms with Crippen molar-refractivity contribution in [3.8, 4) is 0 Å². The number of benzene rings is 1. The van der Waals surface area contributed by atoms with Crippen LogP contribution in [0.15, 0.2) is 71.3 Å². The van der Waals surface area contributed by atoms with Gasteiger partial charge >= 0.3 is 0 Å². The zero-order valence-electron chi connectivity index (χ0n) is 15.0. The molecule has 0 amide bonds. The van der Waals surface area contributed by atoms with Crippen molar-refractivity contribution in [3.63, 3.8) is 0 Å². The molecule has 4 aromatic rings. The fourth-order valence-corrected chi connectivity index (χ4v) is 4.18. The molecule has 1 atom stereocenters. The highest BCUT2D eigenvalue weighted by atomic mass is 32.2. The summed E-state index contributed by atoms with van der Waals surface area (Å²) >= 11 is 1.62. The normalized spacial score (nSPS) is 14.6. The predicted molar refractivity (Wildman–Crippen MR) is 111 cm³/mol. The predicted octanol–water partition coefficient (Wildman–Crippen LogP) is 3.62. The second kappa shape index (κ2) is 6.61. The van der Waals surface area contributed by atoms with Crippen molar-refractivity contribution in [2.24, 2.45) is 4.99 Å². The van der Waals surface area contributed by atoms with Crippen LogP contribution in [0, 0.1) is 0 Å². The van der Waals surface area contributed by atoms with E-state index in [1.807, 2.05) is 41.1 Å². The van der Waals surface area contributed by atoms with Gasteiger partial charge in [-0.1, -0.05) is 12.1 Å². The molecule has 1 aliphatic rings. The second-order valence-corrected chi connectivity index (χ2v) is 7.28. The van der Waals surface area contributed by atoms with Gasteiger partial charge in [0.05, 0.1) is 34.8 Å². The summed E-state index contributed by atoms with van der Waals surface area (Å²) in [5.41, 5.74) is 9.11. The number of anilines is 2. The number of nitrogens with zero attached hydrogens (tertiary/aromatic N) is 7. The Bertz CT molecular complexity index is 1190. The molecule has 0 bridgehead atoms. The Balaban J connectivity index is 1.65. The van der Waals surface area contributed by atoms with E-state index in [2.05, 4.69) is 37.2 Å². The lowest BCUT2D eigenvalue weighted by molar-refractivity contribution is 0.703. The van der Waals surface area contributed by atoms with Crippen molar-refractivity contribution >= 4 is 46.1 Å². The van der Waals surface area contributed by atoms with Gasteiger partial charge in [-0.3, -0.25) is 9.29 Å². The fourth-order valence-electron chi connectivity index (χ4n) is 3.14. The maximum atomic E-state index is 5.95. The number of hydrogen-bond donors (Lipinski definition) is 1. The summed E-state index contributed by atoms with van der Waals surface area (Å²) in [7, 11) is 0. The zero-order chi connectivity index (χ0) is 19.1. The molecule has 0 saturated carbocycles. The number of nitrogen functional groups attached to an aromatic ring is 1. The van der Waals surface area contributed by atoms with E-state index in [1.165, 1.54) is 6.33 Å². The first-order valence-electron chi connectivity index (χ1n) is 8.71. The Morgan fingerprint density at radius 1 is 1.07 bits per heavy atom. The molecule has 2 N–H and O–H groups in total. The van der Waals surface area contributed by atoms with Crippen LogP contribution in [0.4, 0.5) is 17.2 Å². The molecule has 1 aromatic carbocycles.